The molecule has 2 unspecified atom stereocenters. The highest BCUT2D eigenvalue weighted by Crippen LogP contribution is 2.15. The van der Waals surface area contributed by atoms with E-state index in [4.69, 9.17) is 5.11 Å². The molecule has 14 heavy (non-hydrogen) atoms. The lowest BCUT2D eigenvalue weighted by Gasteiger charge is -2.27. The molecule has 1 rings (SSSR count). The van der Waals surface area contributed by atoms with Crippen LogP contribution >= 0.6 is 0 Å². The van der Waals surface area contributed by atoms with Gasteiger partial charge in [0.25, 0.3) is 0 Å². The number of nitrogens with one attached hydrogen (secondary N) is 2. The molecular formula is C10H20N2O2. The fourth-order valence-corrected chi connectivity index (χ4v) is 1.76. The van der Waals surface area contributed by atoms with E-state index in [0.29, 0.717) is 12.6 Å². The van der Waals surface area contributed by atoms with E-state index in [1.165, 1.54) is 0 Å². The molecule has 1 fully saturated rings. The quantitative estimate of drug-likeness (QED) is 0.595. The number of aliphatic hydroxyl groups is 1. The Morgan fingerprint density at radius 1 is 1.71 bits per heavy atom. The zero-order chi connectivity index (χ0) is 10.6. The Morgan fingerprint density at radius 3 is 3.00 bits per heavy atom. The van der Waals surface area contributed by atoms with Crippen LogP contribution in [-0.2, 0) is 4.79 Å². The summed E-state index contributed by atoms with van der Waals surface area (Å²) in [5.74, 6) is 0.198. The fourth-order valence-electron chi connectivity index (χ4n) is 1.76. The molecule has 82 valence electrons. The second kappa shape index (κ2) is 5.32. The van der Waals surface area contributed by atoms with Crippen molar-refractivity contribution in [3.8, 4) is 0 Å². The first kappa shape index (κ1) is 11.5. The highest BCUT2D eigenvalue weighted by atomic mass is 16.3. The summed E-state index contributed by atoms with van der Waals surface area (Å²) in [6.45, 7) is 5.03. The molecule has 1 saturated heterocycles. The van der Waals surface area contributed by atoms with Crippen molar-refractivity contribution in [3.63, 3.8) is 0 Å². The van der Waals surface area contributed by atoms with Gasteiger partial charge in [-0.3, -0.25) is 4.79 Å². The first-order chi connectivity index (χ1) is 6.59. The fraction of sp³-hybridized carbons (Fsp3) is 0.900. The third-order valence-electron chi connectivity index (χ3n) is 2.57. The van der Waals surface area contributed by atoms with Crippen LogP contribution in [0.4, 0.5) is 0 Å². The van der Waals surface area contributed by atoms with E-state index in [9.17, 15) is 4.79 Å². The third-order valence-corrected chi connectivity index (χ3v) is 2.57. The van der Waals surface area contributed by atoms with Gasteiger partial charge in [0.05, 0.1) is 6.10 Å². The number of carbonyl (C=O) groups is 1. The van der Waals surface area contributed by atoms with Crippen molar-refractivity contribution in [2.24, 2.45) is 5.92 Å². The molecule has 3 atom stereocenters. The van der Waals surface area contributed by atoms with E-state index in [0.717, 1.165) is 19.4 Å². The smallest absolute Gasteiger partial charge is 0.223 e. The predicted molar refractivity (Wildman–Crippen MR) is 54.9 cm³/mol. The normalized spacial score (nSPS) is 29.6. The topological polar surface area (TPSA) is 61.4 Å². The second-order valence-corrected chi connectivity index (χ2v) is 4.17. The predicted octanol–water partition coefficient (Wildman–Crippen LogP) is -0.128. The highest BCUT2D eigenvalue weighted by molar-refractivity contribution is 5.78. The molecule has 0 aromatic rings. The summed E-state index contributed by atoms with van der Waals surface area (Å²) in [6, 6.07) is 0.422. The Balaban J connectivity index is 2.29. The minimum absolute atomic E-state index is 0.0826. The summed E-state index contributed by atoms with van der Waals surface area (Å²) in [4.78, 5) is 11.6. The SMILES string of the molecule is CC1CC(C(=O)NC[C@H](C)O)CCN1. The molecule has 0 aliphatic carbocycles. The molecule has 0 aromatic carbocycles. The molecule has 1 heterocycles. The molecule has 4 heteroatoms. The second-order valence-electron chi connectivity index (χ2n) is 4.17. The zero-order valence-corrected chi connectivity index (χ0v) is 8.92. The number of carbonyl (C=O) groups excluding carboxylic acids is 1. The summed E-state index contributed by atoms with van der Waals surface area (Å²) in [6.07, 6.45) is 1.33. The van der Waals surface area contributed by atoms with Crippen LogP contribution in [0.5, 0.6) is 0 Å². The molecule has 1 amide bonds. The van der Waals surface area contributed by atoms with Crippen LogP contribution in [0.1, 0.15) is 26.7 Å². The molecule has 0 radical (unpaired) electrons. The summed E-state index contributed by atoms with van der Waals surface area (Å²) in [5, 5.41) is 15.1. The lowest BCUT2D eigenvalue weighted by molar-refractivity contribution is -0.126. The van der Waals surface area contributed by atoms with E-state index in [1.54, 1.807) is 6.92 Å². The Hall–Kier alpha value is -0.610. The van der Waals surface area contributed by atoms with Crippen molar-refractivity contribution in [3.05, 3.63) is 0 Å². The summed E-state index contributed by atoms with van der Waals surface area (Å²) >= 11 is 0. The van der Waals surface area contributed by atoms with E-state index < -0.39 is 6.10 Å². The van der Waals surface area contributed by atoms with Gasteiger partial charge in [-0.25, -0.2) is 0 Å². The number of rotatable bonds is 3. The molecule has 1 aliphatic heterocycles. The van der Waals surface area contributed by atoms with Crippen molar-refractivity contribution < 1.29 is 9.90 Å². The van der Waals surface area contributed by atoms with Gasteiger partial charge in [-0.1, -0.05) is 0 Å². The van der Waals surface area contributed by atoms with Gasteiger partial charge in [-0.2, -0.15) is 0 Å². The summed E-state index contributed by atoms with van der Waals surface area (Å²) in [5.41, 5.74) is 0. The monoisotopic (exact) mass is 200 g/mol. The van der Waals surface area contributed by atoms with E-state index in [1.807, 2.05) is 0 Å². The zero-order valence-electron chi connectivity index (χ0n) is 8.92. The maximum absolute atomic E-state index is 11.6. The average molecular weight is 200 g/mol. The lowest BCUT2D eigenvalue weighted by atomic mass is 9.92. The molecule has 4 nitrogen and oxygen atoms in total. The van der Waals surface area contributed by atoms with Crippen LogP contribution in [0.25, 0.3) is 0 Å². The third kappa shape index (κ3) is 3.64. The molecular weight excluding hydrogens is 180 g/mol. The molecule has 1 aliphatic rings. The summed E-state index contributed by atoms with van der Waals surface area (Å²) < 4.78 is 0. The van der Waals surface area contributed by atoms with Gasteiger partial charge in [0.2, 0.25) is 5.91 Å². The number of aliphatic hydroxyl groups excluding tert-OH is 1. The largest absolute Gasteiger partial charge is 0.392 e. The molecule has 0 aromatic heterocycles. The van der Waals surface area contributed by atoms with E-state index >= 15 is 0 Å². The van der Waals surface area contributed by atoms with Crippen LogP contribution in [0.15, 0.2) is 0 Å². The Kier molecular flexibility index (Phi) is 4.35. The average Bonchev–Trinajstić information content (AvgIpc) is 2.14. The van der Waals surface area contributed by atoms with Crippen LogP contribution in [-0.4, -0.2) is 36.2 Å². The molecule has 0 saturated carbocycles. The number of hydrogen-bond donors (Lipinski definition) is 3. The van der Waals surface area contributed by atoms with Gasteiger partial charge in [-0.15, -0.1) is 0 Å². The number of piperidine rings is 1. The lowest BCUT2D eigenvalue weighted by Crippen LogP contribution is -2.43. The maximum atomic E-state index is 11.6. The van der Waals surface area contributed by atoms with Crippen LogP contribution < -0.4 is 10.6 Å². The van der Waals surface area contributed by atoms with E-state index in [2.05, 4.69) is 17.6 Å². The Labute approximate surface area is 85.1 Å². The van der Waals surface area contributed by atoms with Gasteiger partial charge in [0, 0.05) is 18.5 Å². The van der Waals surface area contributed by atoms with Gasteiger partial charge in [-0.05, 0) is 33.2 Å². The number of hydrogen-bond acceptors (Lipinski definition) is 3. The first-order valence-electron chi connectivity index (χ1n) is 5.28. The minimum atomic E-state index is -0.460. The van der Waals surface area contributed by atoms with E-state index in [-0.39, 0.29) is 11.8 Å². The number of amides is 1. The standard InChI is InChI=1S/C10H20N2O2/c1-7-5-9(3-4-11-7)10(14)12-6-8(2)13/h7-9,11,13H,3-6H2,1-2H3,(H,12,14)/t7?,8-,9?/m0/s1. The van der Waals surface area contributed by atoms with Gasteiger partial charge < -0.3 is 15.7 Å². The van der Waals surface area contributed by atoms with Gasteiger partial charge in [0.1, 0.15) is 0 Å². The van der Waals surface area contributed by atoms with Crippen molar-refractivity contribution in [2.75, 3.05) is 13.1 Å². The van der Waals surface area contributed by atoms with Crippen molar-refractivity contribution in [1.29, 1.82) is 0 Å². The molecule has 0 bridgehead atoms. The van der Waals surface area contributed by atoms with Crippen LogP contribution in [0, 0.1) is 5.92 Å². The summed E-state index contributed by atoms with van der Waals surface area (Å²) in [7, 11) is 0. The molecule has 0 spiro atoms. The van der Waals surface area contributed by atoms with Crippen LogP contribution in [0.2, 0.25) is 0 Å². The van der Waals surface area contributed by atoms with Crippen molar-refractivity contribution >= 4 is 5.91 Å². The first-order valence-corrected chi connectivity index (χ1v) is 5.28. The van der Waals surface area contributed by atoms with Gasteiger partial charge >= 0.3 is 0 Å². The molecule has 3 N–H and O–H groups in total. The highest BCUT2D eigenvalue weighted by Gasteiger charge is 2.24. The van der Waals surface area contributed by atoms with Crippen molar-refractivity contribution in [2.45, 2.75) is 38.8 Å². The Bertz CT molecular complexity index is 195. The van der Waals surface area contributed by atoms with Crippen LogP contribution in [0.3, 0.4) is 0 Å². The Morgan fingerprint density at radius 2 is 2.43 bits per heavy atom. The van der Waals surface area contributed by atoms with Gasteiger partial charge in [0.15, 0.2) is 0 Å². The van der Waals surface area contributed by atoms with Crippen molar-refractivity contribution in [1.82, 2.24) is 10.6 Å². The minimum Gasteiger partial charge on any atom is -0.392 e. The maximum Gasteiger partial charge on any atom is 0.223 e.